The molecule has 1 aliphatic rings. The lowest BCUT2D eigenvalue weighted by atomic mass is 9.93. The van der Waals surface area contributed by atoms with Crippen LogP contribution in [-0.4, -0.2) is 19.7 Å². The van der Waals surface area contributed by atoms with Crippen LogP contribution >= 0.6 is 0 Å². The molecule has 0 bridgehead atoms. The van der Waals surface area contributed by atoms with Gasteiger partial charge in [0.15, 0.2) is 0 Å². The Hall–Kier alpha value is -1.02. The first kappa shape index (κ1) is 13.4. The molecule has 1 saturated carbocycles. The van der Waals surface area contributed by atoms with Gasteiger partial charge >= 0.3 is 0 Å². The first-order valence-electron chi connectivity index (χ1n) is 7.12. The summed E-state index contributed by atoms with van der Waals surface area (Å²) in [7, 11) is 1.73. The number of benzene rings is 1. The summed E-state index contributed by atoms with van der Waals surface area (Å²) in [5.74, 6) is 1.69. The van der Waals surface area contributed by atoms with Crippen molar-refractivity contribution in [2.24, 2.45) is 0 Å². The standard InChI is InChI=1S/C16H25NO/c1-4-9-17-14-6-5-13(11-14)16-8-7-15(18-3)10-12(16)2/h7-8,10,13-14,17H,4-6,9,11H2,1-3H3. The van der Waals surface area contributed by atoms with E-state index >= 15 is 0 Å². The first-order chi connectivity index (χ1) is 8.74. The van der Waals surface area contributed by atoms with Crippen LogP contribution in [0.4, 0.5) is 0 Å². The van der Waals surface area contributed by atoms with E-state index in [2.05, 4.69) is 37.4 Å². The number of aryl methyl sites for hydroxylation is 1. The maximum Gasteiger partial charge on any atom is 0.119 e. The highest BCUT2D eigenvalue weighted by Crippen LogP contribution is 2.36. The molecule has 0 radical (unpaired) electrons. The van der Waals surface area contributed by atoms with Gasteiger partial charge in [0.1, 0.15) is 5.75 Å². The molecule has 1 aromatic carbocycles. The van der Waals surface area contributed by atoms with Gasteiger partial charge in [0, 0.05) is 6.04 Å². The fraction of sp³-hybridized carbons (Fsp3) is 0.625. The third-order valence-corrected chi connectivity index (χ3v) is 4.03. The van der Waals surface area contributed by atoms with Crippen molar-refractivity contribution in [3.05, 3.63) is 29.3 Å². The lowest BCUT2D eigenvalue weighted by Gasteiger charge is -2.15. The van der Waals surface area contributed by atoms with Gasteiger partial charge in [-0.1, -0.05) is 13.0 Å². The Bertz CT molecular complexity index is 389. The molecule has 2 rings (SSSR count). The summed E-state index contributed by atoms with van der Waals surface area (Å²) in [5.41, 5.74) is 2.88. The van der Waals surface area contributed by atoms with Crippen molar-refractivity contribution in [2.75, 3.05) is 13.7 Å². The Morgan fingerprint density at radius 3 is 2.83 bits per heavy atom. The quantitative estimate of drug-likeness (QED) is 0.857. The molecule has 0 spiro atoms. The van der Waals surface area contributed by atoms with Gasteiger partial charge in [-0.05, 0) is 68.3 Å². The van der Waals surface area contributed by atoms with Crippen molar-refractivity contribution in [1.29, 1.82) is 0 Å². The van der Waals surface area contributed by atoms with E-state index in [0.29, 0.717) is 0 Å². The average Bonchev–Trinajstić information content (AvgIpc) is 2.84. The Morgan fingerprint density at radius 1 is 1.33 bits per heavy atom. The fourth-order valence-corrected chi connectivity index (χ4v) is 3.03. The Morgan fingerprint density at radius 2 is 2.17 bits per heavy atom. The second kappa shape index (κ2) is 6.24. The van der Waals surface area contributed by atoms with Crippen LogP contribution in [0, 0.1) is 6.92 Å². The summed E-state index contributed by atoms with van der Waals surface area (Å²) in [5, 5.41) is 3.65. The number of ether oxygens (including phenoxy) is 1. The summed E-state index contributed by atoms with van der Waals surface area (Å²) >= 11 is 0. The van der Waals surface area contributed by atoms with Crippen molar-refractivity contribution in [3.63, 3.8) is 0 Å². The molecule has 2 unspecified atom stereocenters. The molecule has 0 aromatic heterocycles. The number of rotatable bonds is 5. The minimum Gasteiger partial charge on any atom is -0.497 e. The largest absolute Gasteiger partial charge is 0.497 e. The van der Waals surface area contributed by atoms with Crippen molar-refractivity contribution in [2.45, 2.75) is 51.5 Å². The zero-order chi connectivity index (χ0) is 13.0. The highest BCUT2D eigenvalue weighted by Gasteiger charge is 2.26. The number of methoxy groups -OCH3 is 1. The molecule has 0 aliphatic heterocycles. The van der Waals surface area contributed by atoms with E-state index in [-0.39, 0.29) is 0 Å². The molecule has 2 atom stereocenters. The topological polar surface area (TPSA) is 21.3 Å². The van der Waals surface area contributed by atoms with Crippen LogP contribution in [0.2, 0.25) is 0 Å². The zero-order valence-corrected chi connectivity index (χ0v) is 11.8. The summed E-state index contributed by atoms with van der Waals surface area (Å²) in [6, 6.07) is 7.22. The molecule has 1 N–H and O–H groups in total. The SMILES string of the molecule is CCCNC1CCC(c2ccc(OC)cc2C)C1. The minimum absolute atomic E-state index is 0.719. The van der Waals surface area contributed by atoms with E-state index in [9.17, 15) is 0 Å². The van der Waals surface area contributed by atoms with Gasteiger partial charge in [-0.25, -0.2) is 0 Å². The predicted octanol–water partition coefficient (Wildman–Crippen LogP) is 3.64. The van der Waals surface area contributed by atoms with Crippen LogP contribution < -0.4 is 10.1 Å². The Kier molecular flexibility index (Phi) is 4.65. The van der Waals surface area contributed by atoms with Crippen LogP contribution in [0.3, 0.4) is 0 Å². The molecule has 0 heterocycles. The normalized spacial score (nSPS) is 23.3. The highest BCUT2D eigenvalue weighted by molar-refractivity contribution is 5.37. The lowest BCUT2D eigenvalue weighted by Crippen LogP contribution is -2.26. The first-order valence-corrected chi connectivity index (χ1v) is 7.12. The molecule has 2 heteroatoms. The minimum atomic E-state index is 0.719. The second-order valence-electron chi connectivity index (χ2n) is 5.38. The molecule has 1 aromatic rings. The zero-order valence-electron chi connectivity index (χ0n) is 11.8. The van der Waals surface area contributed by atoms with E-state index < -0.39 is 0 Å². The van der Waals surface area contributed by atoms with E-state index in [0.717, 1.165) is 24.3 Å². The molecule has 100 valence electrons. The van der Waals surface area contributed by atoms with Gasteiger partial charge in [0.05, 0.1) is 7.11 Å². The van der Waals surface area contributed by atoms with Crippen molar-refractivity contribution in [1.82, 2.24) is 5.32 Å². The van der Waals surface area contributed by atoms with Crippen LogP contribution in [0.1, 0.15) is 49.7 Å². The monoisotopic (exact) mass is 247 g/mol. The highest BCUT2D eigenvalue weighted by atomic mass is 16.5. The van der Waals surface area contributed by atoms with Crippen molar-refractivity contribution < 1.29 is 4.74 Å². The molecule has 18 heavy (non-hydrogen) atoms. The van der Waals surface area contributed by atoms with Gasteiger partial charge in [-0.15, -0.1) is 0 Å². The molecular weight excluding hydrogens is 222 g/mol. The third kappa shape index (κ3) is 3.05. The lowest BCUT2D eigenvalue weighted by molar-refractivity contribution is 0.414. The predicted molar refractivity (Wildman–Crippen MR) is 76.4 cm³/mol. The van der Waals surface area contributed by atoms with Crippen LogP contribution in [0.15, 0.2) is 18.2 Å². The maximum atomic E-state index is 5.27. The van der Waals surface area contributed by atoms with Crippen LogP contribution in [-0.2, 0) is 0 Å². The molecule has 1 fully saturated rings. The van der Waals surface area contributed by atoms with E-state index in [1.807, 2.05) is 0 Å². The van der Waals surface area contributed by atoms with Crippen LogP contribution in [0.5, 0.6) is 5.75 Å². The van der Waals surface area contributed by atoms with Gasteiger partial charge in [0.2, 0.25) is 0 Å². The summed E-state index contributed by atoms with van der Waals surface area (Å²) in [6.45, 7) is 5.58. The fourth-order valence-electron chi connectivity index (χ4n) is 3.03. The van der Waals surface area contributed by atoms with Gasteiger partial charge < -0.3 is 10.1 Å². The molecule has 0 saturated heterocycles. The average molecular weight is 247 g/mol. The number of nitrogens with one attached hydrogen (secondary N) is 1. The van der Waals surface area contributed by atoms with E-state index in [4.69, 9.17) is 4.74 Å². The smallest absolute Gasteiger partial charge is 0.119 e. The summed E-state index contributed by atoms with van der Waals surface area (Å²) in [6.07, 6.45) is 5.14. The second-order valence-corrected chi connectivity index (χ2v) is 5.38. The Balaban J connectivity index is 2.00. The molecular formula is C16H25NO. The number of hydrogen-bond acceptors (Lipinski definition) is 2. The van der Waals surface area contributed by atoms with Crippen molar-refractivity contribution in [3.8, 4) is 5.75 Å². The molecule has 0 amide bonds. The van der Waals surface area contributed by atoms with E-state index in [1.165, 1.54) is 36.8 Å². The third-order valence-electron chi connectivity index (χ3n) is 4.03. The Labute approximate surface area is 111 Å². The number of hydrogen-bond donors (Lipinski definition) is 1. The summed E-state index contributed by atoms with van der Waals surface area (Å²) in [4.78, 5) is 0. The molecule has 2 nitrogen and oxygen atoms in total. The summed E-state index contributed by atoms with van der Waals surface area (Å²) < 4.78 is 5.27. The van der Waals surface area contributed by atoms with Gasteiger partial charge in [0.25, 0.3) is 0 Å². The maximum absolute atomic E-state index is 5.27. The van der Waals surface area contributed by atoms with Gasteiger partial charge in [-0.3, -0.25) is 0 Å². The van der Waals surface area contributed by atoms with Crippen molar-refractivity contribution >= 4 is 0 Å². The van der Waals surface area contributed by atoms with E-state index in [1.54, 1.807) is 7.11 Å². The van der Waals surface area contributed by atoms with Gasteiger partial charge in [-0.2, -0.15) is 0 Å². The van der Waals surface area contributed by atoms with Crippen LogP contribution in [0.25, 0.3) is 0 Å². The molecule has 1 aliphatic carbocycles.